The van der Waals surface area contributed by atoms with Crippen LogP contribution in [0.1, 0.15) is 13.8 Å². The molecular formula is C10H18O4. The number of hydrogen-bond acceptors (Lipinski definition) is 4. The van der Waals surface area contributed by atoms with Crippen LogP contribution in [0, 0.1) is 0 Å². The molecule has 0 aliphatic rings. The Morgan fingerprint density at radius 1 is 1.43 bits per heavy atom. The van der Waals surface area contributed by atoms with E-state index in [-0.39, 0.29) is 18.7 Å². The van der Waals surface area contributed by atoms with E-state index >= 15 is 0 Å². The molecule has 1 unspecified atom stereocenters. The van der Waals surface area contributed by atoms with Crippen LogP contribution in [0.2, 0.25) is 0 Å². The van der Waals surface area contributed by atoms with E-state index in [0.717, 1.165) is 0 Å². The Bertz CT molecular complexity index is 189. The molecule has 0 saturated heterocycles. The van der Waals surface area contributed by atoms with E-state index in [0.29, 0.717) is 18.8 Å². The molecule has 0 heterocycles. The lowest BCUT2D eigenvalue weighted by Crippen LogP contribution is -2.17. The molecule has 0 radical (unpaired) electrons. The smallest absolute Gasteiger partial charge is 0.333 e. The highest BCUT2D eigenvalue weighted by molar-refractivity contribution is 5.86. The molecule has 4 nitrogen and oxygen atoms in total. The van der Waals surface area contributed by atoms with Crippen molar-refractivity contribution in [3.63, 3.8) is 0 Å². The fourth-order valence-corrected chi connectivity index (χ4v) is 0.634. The lowest BCUT2D eigenvalue weighted by atomic mass is 10.4. The minimum absolute atomic E-state index is 0.0619. The third-order valence-electron chi connectivity index (χ3n) is 1.56. The minimum atomic E-state index is -0.381. The van der Waals surface area contributed by atoms with E-state index in [2.05, 4.69) is 6.58 Å². The highest BCUT2D eigenvalue weighted by Crippen LogP contribution is 1.93. The van der Waals surface area contributed by atoms with Crippen molar-refractivity contribution < 1.29 is 19.0 Å². The first-order valence-electron chi connectivity index (χ1n) is 4.51. The second-order valence-electron chi connectivity index (χ2n) is 3.04. The van der Waals surface area contributed by atoms with Gasteiger partial charge in [0.1, 0.15) is 6.61 Å². The van der Waals surface area contributed by atoms with Crippen LogP contribution in [0.15, 0.2) is 12.2 Å². The second kappa shape index (κ2) is 7.53. The van der Waals surface area contributed by atoms with E-state index < -0.39 is 0 Å². The molecule has 0 spiro atoms. The maximum absolute atomic E-state index is 10.9. The molecule has 0 amide bonds. The lowest BCUT2D eigenvalue weighted by Gasteiger charge is -2.10. The topological polar surface area (TPSA) is 44.8 Å². The molecule has 82 valence electrons. The van der Waals surface area contributed by atoms with Crippen LogP contribution in [0.3, 0.4) is 0 Å². The van der Waals surface area contributed by atoms with E-state index in [1.807, 2.05) is 6.92 Å². The number of ether oxygens (including phenoxy) is 3. The quantitative estimate of drug-likeness (QED) is 0.353. The molecule has 0 rings (SSSR count). The van der Waals surface area contributed by atoms with Crippen LogP contribution in [0.25, 0.3) is 0 Å². The molecule has 14 heavy (non-hydrogen) atoms. The van der Waals surface area contributed by atoms with Gasteiger partial charge in [-0.1, -0.05) is 6.58 Å². The molecule has 0 aromatic carbocycles. The van der Waals surface area contributed by atoms with Crippen LogP contribution in [-0.4, -0.2) is 39.0 Å². The molecule has 0 aliphatic carbocycles. The predicted octanol–water partition coefficient (Wildman–Crippen LogP) is 1.16. The zero-order chi connectivity index (χ0) is 11.0. The summed E-state index contributed by atoms with van der Waals surface area (Å²) in [7, 11) is 1.62. The summed E-state index contributed by atoms with van der Waals surface area (Å²) < 4.78 is 15.0. The molecule has 0 aliphatic heterocycles. The first kappa shape index (κ1) is 13.1. The van der Waals surface area contributed by atoms with Crippen molar-refractivity contribution in [3.05, 3.63) is 12.2 Å². The molecule has 0 bridgehead atoms. The van der Waals surface area contributed by atoms with Crippen molar-refractivity contribution in [3.8, 4) is 0 Å². The Balaban J connectivity index is 3.30. The zero-order valence-electron chi connectivity index (χ0n) is 9.04. The Kier molecular flexibility index (Phi) is 7.06. The van der Waals surface area contributed by atoms with Gasteiger partial charge >= 0.3 is 5.97 Å². The van der Waals surface area contributed by atoms with Crippen LogP contribution < -0.4 is 0 Å². The molecule has 4 heteroatoms. The van der Waals surface area contributed by atoms with Gasteiger partial charge in [0.2, 0.25) is 0 Å². The molecular weight excluding hydrogens is 184 g/mol. The Morgan fingerprint density at radius 2 is 2.07 bits per heavy atom. The van der Waals surface area contributed by atoms with Gasteiger partial charge in [-0.25, -0.2) is 4.79 Å². The largest absolute Gasteiger partial charge is 0.460 e. The van der Waals surface area contributed by atoms with Crippen molar-refractivity contribution >= 4 is 5.97 Å². The molecule has 0 saturated carbocycles. The van der Waals surface area contributed by atoms with Crippen LogP contribution in [0.4, 0.5) is 0 Å². The predicted molar refractivity (Wildman–Crippen MR) is 53.1 cm³/mol. The third kappa shape index (κ3) is 6.62. The van der Waals surface area contributed by atoms with E-state index in [4.69, 9.17) is 14.2 Å². The number of hydrogen-bond donors (Lipinski definition) is 0. The Hall–Kier alpha value is -0.870. The van der Waals surface area contributed by atoms with Crippen molar-refractivity contribution in [1.29, 1.82) is 0 Å². The summed E-state index contributed by atoms with van der Waals surface area (Å²) in [4.78, 5) is 10.9. The number of carbonyl (C=O) groups excluding carboxylic acids is 1. The minimum Gasteiger partial charge on any atom is -0.460 e. The van der Waals surface area contributed by atoms with Gasteiger partial charge in [0.25, 0.3) is 0 Å². The Labute approximate surface area is 84.8 Å². The van der Waals surface area contributed by atoms with Crippen molar-refractivity contribution in [2.24, 2.45) is 0 Å². The number of esters is 1. The van der Waals surface area contributed by atoms with Crippen molar-refractivity contribution in [1.82, 2.24) is 0 Å². The average molecular weight is 202 g/mol. The maximum Gasteiger partial charge on any atom is 0.333 e. The van der Waals surface area contributed by atoms with E-state index in [9.17, 15) is 4.79 Å². The monoisotopic (exact) mass is 202 g/mol. The highest BCUT2D eigenvalue weighted by atomic mass is 16.6. The van der Waals surface area contributed by atoms with Crippen LogP contribution in [-0.2, 0) is 19.0 Å². The molecule has 0 fully saturated rings. The summed E-state index contributed by atoms with van der Waals surface area (Å²) in [5.41, 5.74) is 0.398. The van der Waals surface area contributed by atoms with Gasteiger partial charge in [-0.15, -0.1) is 0 Å². The standard InChI is InChI=1S/C10H18O4/c1-8(2)10(11)14-6-5-13-7-9(3)12-4/h9H,1,5-7H2,2-4H3. The average Bonchev–Trinajstić information content (AvgIpc) is 2.16. The SMILES string of the molecule is C=C(C)C(=O)OCCOCC(C)OC. The van der Waals surface area contributed by atoms with Gasteiger partial charge < -0.3 is 14.2 Å². The number of methoxy groups -OCH3 is 1. The van der Waals surface area contributed by atoms with Crippen molar-refractivity contribution in [2.45, 2.75) is 20.0 Å². The maximum atomic E-state index is 10.9. The van der Waals surface area contributed by atoms with Gasteiger partial charge in [-0.3, -0.25) is 0 Å². The summed E-state index contributed by atoms with van der Waals surface area (Å²) >= 11 is 0. The first-order chi connectivity index (χ1) is 6.57. The summed E-state index contributed by atoms with van der Waals surface area (Å²) in [5.74, 6) is -0.381. The van der Waals surface area contributed by atoms with Gasteiger partial charge in [0.15, 0.2) is 0 Å². The Morgan fingerprint density at radius 3 is 2.57 bits per heavy atom. The summed E-state index contributed by atoms with van der Waals surface area (Å²) in [6.07, 6.45) is 0.0619. The van der Waals surface area contributed by atoms with Gasteiger partial charge in [0.05, 0.1) is 19.3 Å². The molecule has 0 aromatic rings. The van der Waals surface area contributed by atoms with E-state index in [1.54, 1.807) is 14.0 Å². The third-order valence-corrected chi connectivity index (χ3v) is 1.56. The number of carbonyl (C=O) groups is 1. The molecule has 0 N–H and O–H groups in total. The van der Waals surface area contributed by atoms with E-state index in [1.165, 1.54) is 0 Å². The summed E-state index contributed by atoms with van der Waals surface area (Å²) in [6.45, 7) is 8.10. The molecule has 1 atom stereocenters. The van der Waals surface area contributed by atoms with Gasteiger partial charge in [-0.2, -0.15) is 0 Å². The van der Waals surface area contributed by atoms with Gasteiger partial charge in [-0.05, 0) is 13.8 Å². The molecule has 0 aromatic heterocycles. The summed E-state index contributed by atoms with van der Waals surface area (Å²) in [6, 6.07) is 0. The van der Waals surface area contributed by atoms with Crippen LogP contribution >= 0.6 is 0 Å². The normalized spacial score (nSPS) is 12.2. The lowest BCUT2D eigenvalue weighted by molar-refractivity contribution is -0.140. The van der Waals surface area contributed by atoms with Crippen molar-refractivity contribution in [2.75, 3.05) is 26.9 Å². The fourth-order valence-electron chi connectivity index (χ4n) is 0.634. The fraction of sp³-hybridized carbons (Fsp3) is 0.700. The zero-order valence-corrected chi connectivity index (χ0v) is 9.04. The first-order valence-corrected chi connectivity index (χ1v) is 4.51. The van der Waals surface area contributed by atoms with Gasteiger partial charge in [0, 0.05) is 12.7 Å². The summed E-state index contributed by atoms with van der Waals surface area (Å²) in [5, 5.41) is 0. The highest BCUT2D eigenvalue weighted by Gasteiger charge is 2.03. The number of rotatable bonds is 7. The van der Waals surface area contributed by atoms with Crippen LogP contribution in [0.5, 0.6) is 0 Å². The second-order valence-corrected chi connectivity index (χ2v) is 3.04.